The van der Waals surface area contributed by atoms with Gasteiger partial charge in [0, 0.05) is 30.7 Å². The van der Waals surface area contributed by atoms with Crippen LogP contribution in [0.5, 0.6) is 5.75 Å². The number of benzene rings is 2. The lowest BCUT2D eigenvalue weighted by molar-refractivity contribution is 0.306. The van der Waals surface area contributed by atoms with Crippen LogP contribution in [0, 0.1) is 0 Å². The van der Waals surface area contributed by atoms with E-state index < -0.39 is 0 Å². The molecule has 0 radical (unpaired) electrons. The molecule has 3 heterocycles. The Morgan fingerprint density at radius 1 is 1.03 bits per heavy atom. The summed E-state index contributed by atoms with van der Waals surface area (Å²) >= 11 is 1.99. The second kappa shape index (κ2) is 9.82. The number of hydrogen-bond acceptors (Lipinski definition) is 7. The first kappa shape index (κ1) is 20.5. The minimum atomic E-state index is 0.365. The summed E-state index contributed by atoms with van der Waals surface area (Å²) in [6.07, 6.45) is 1.87. The van der Waals surface area contributed by atoms with Crippen molar-refractivity contribution in [3.63, 3.8) is 0 Å². The molecule has 0 amide bonds. The summed E-state index contributed by atoms with van der Waals surface area (Å²) in [4.78, 5) is 11.5. The van der Waals surface area contributed by atoms with Crippen LogP contribution in [-0.4, -0.2) is 42.3 Å². The van der Waals surface area contributed by atoms with Crippen LogP contribution in [0.25, 0.3) is 0 Å². The van der Waals surface area contributed by atoms with Crippen molar-refractivity contribution in [1.29, 1.82) is 0 Å². The third-order valence-corrected chi connectivity index (χ3v) is 6.18. The molecule has 2 aliphatic heterocycles. The van der Waals surface area contributed by atoms with Crippen molar-refractivity contribution < 1.29 is 9.47 Å². The summed E-state index contributed by atoms with van der Waals surface area (Å²) < 4.78 is 11.6. The van der Waals surface area contributed by atoms with E-state index in [9.17, 15) is 0 Å². The SMILES string of the molecule is c1ccc(COc2cccc(N=C3NN(c4ccc(N5CCSCC5)nc4)CO3)c2)cc1. The molecule has 1 aromatic heterocycles. The van der Waals surface area contributed by atoms with Crippen molar-refractivity contribution in [3.05, 3.63) is 78.5 Å². The Balaban J connectivity index is 1.20. The molecule has 3 aromatic rings. The van der Waals surface area contributed by atoms with Gasteiger partial charge in [-0.1, -0.05) is 36.4 Å². The van der Waals surface area contributed by atoms with Gasteiger partial charge in [-0.05, 0) is 29.8 Å². The van der Waals surface area contributed by atoms with E-state index in [2.05, 4.69) is 32.4 Å². The van der Waals surface area contributed by atoms with E-state index in [0.717, 1.165) is 53.1 Å². The molecule has 1 N–H and O–H groups in total. The maximum atomic E-state index is 5.89. The van der Waals surface area contributed by atoms with Gasteiger partial charge in [0.25, 0.3) is 0 Å². The normalized spacial score (nSPS) is 17.2. The van der Waals surface area contributed by atoms with Crippen molar-refractivity contribution in [3.8, 4) is 5.75 Å². The zero-order valence-electron chi connectivity index (χ0n) is 17.7. The van der Waals surface area contributed by atoms with Gasteiger partial charge in [-0.3, -0.25) is 0 Å². The van der Waals surface area contributed by atoms with Crippen molar-refractivity contribution in [2.45, 2.75) is 6.61 Å². The van der Waals surface area contributed by atoms with Crippen LogP contribution in [0.15, 0.2) is 77.9 Å². The Hall–Kier alpha value is -3.39. The number of aromatic nitrogens is 1. The average Bonchev–Trinajstić information content (AvgIpc) is 3.33. The summed E-state index contributed by atoms with van der Waals surface area (Å²) in [5, 5.41) is 1.89. The van der Waals surface area contributed by atoms with Crippen LogP contribution in [0.2, 0.25) is 0 Å². The van der Waals surface area contributed by atoms with E-state index in [0.29, 0.717) is 19.4 Å². The van der Waals surface area contributed by atoms with E-state index in [-0.39, 0.29) is 0 Å². The summed E-state index contributed by atoms with van der Waals surface area (Å²) in [6.45, 7) is 2.98. The molecule has 2 aliphatic rings. The molecule has 2 fully saturated rings. The molecule has 2 saturated heterocycles. The number of anilines is 2. The van der Waals surface area contributed by atoms with Gasteiger partial charge in [0.2, 0.25) is 0 Å². The predicted octanol–water partition coefficient (Wildman–Crippen LogP) is 4.20. The van der Waals surface area contributed by atoms with Crippen molar-refractivity contribution in [1.82, 2.24) is 10.4 Å². The van der Waals surface area contributed by atoms with Gasteiger partial charge in [0.1, 0.15) is 18.2 Å². The molecule has 2 aromatic carbocycles. The fraction of sp³-hybridized carbons (Fsp3) is 0.250. The maximum Gasteiger partial charge on any atom is 0.311 e. The van der Waals surface area contributed by atoms with E-state index in [4.69, 9.17) is 9.47 Å². The topological polar surface area (TPSA) is 62.2 Å². The van der Waals surface area contributed by atoms with E-state index in [1.165, 1.54) is 0 Å². The molecule has 0 saturated carbocycles. The van der Waals surface area contributed by atoms with Gasteiger partial charge < -0.3 is 14.4 Å². The molecular weight excluding hydrogens is 422 g/mol. The van der Waals surface area contributed by atoms with Gasteiger partial charge >= 0.3 is 6.02 Å². The standard InChI is InChI=1S/C24H25N5O2S/c1-2-5-19(6-3-1)17-30-22-8-4-7-20(15-22)26-24-27-29(18-31-24)21-9-10-23(25-16-21)28-11-13-32-14-12-28/h1-10,15-16H,11-14,17-18H2,(H,26,27). The summed E-state index contributed by atoms with van der Waals surface area (Å²) in [6, 6.07) is 22.3. The first-order valence-electron chi connectivity index (χ1n) is 10.6. The van der Waals surface area contributed by atoms with Gasteiger partial charge in [-0.25, -0.2) is 15.4 Å². The number of aliphatic imine (C=N–C) groups is 1. The number of rotatable bonds is 6. The summed E-state index contributed by atoms with van der Waals surface area (Å²) in [7, 11) is 0. The highest BCUT2D eigenvalue weighted by atomic mass is 32.2. The lowest BCUT2D eigenvalue weighted by Gasteiger charge is -2.27. The first-order chi connectivity index (χ1) is 15.8. The lowest BCUT2D eigenvalue weighted by atomic mass is 10.2. The number of pyridine rings is 1. The molecular formula is C24H25N5O2S. The molecule has 0 atom stereocenters. The fourth-order valence-electron chi connectivity index (χ4n) is 3.52. The molecule has 8 heteroatoms. The monoisotopic (exact) mass is 447 g/mol. The zero-order chi connectivity index (χ0) is 21.6. The van der Waals surface area contributed by atoms with Gasteiger partial charge in [-0.2, -0.15) is 16.8 Å². The van der Waals surface area contributed by atoms with Crippen LogP contribution in [0.1, 0.15) is 5.56 Å². The van der Waals surface area contributed by atoms with Crippen LogP contribution < -0.4 is 20.1 Å². The van der Waals surface area contributed by atoms with Gasteiger partial charge in [-0.15, -0.1) is 0 Å². The van der Waals surface area contributed by atoms with Crippen LogP contribution in [0.4, 0.5) is 17.2 Å². The van der Waals surface area contributed by atoms with Crippen LogP contribution >= 0.6 is 11.8 Å². The highest BCUT2D eigenvalue weighted by Gasteiger charge is 2.20. The maximum absolute atomic E-state index is 5.89. The molecule has 0 bridgehead atoms. The van der Waals surface area contributed by atoms with Crippen molar-refractivity contribution in [2.75, 3.05) is 41.2 Å². The van der Waals surface area contributed by atoms with E-state index >= 15 is 0 Å². The fourth-order valence-corrected chi connectivity index (χ4v) is 4.42. The lowest BCUT2D eigenvalue weighted by Crippen LogP contribution is -2.34. The summed E-state index contributed by atoms with van der Waals surface area (Å²) in [5.74, 6) is 4.10. The molecule has 5 rings (SSSR count). The molecule has 0 spiro atoms. The minimum absolute atomic E-state index is 0.365. The van der Waals surface area contributed by atoms with Gasteiger partial charge in [0.05, 0.1) is 17.6 Å². The number of hydrazine groups is 1. The minimum Gasteiger partial charge on any atom is -0.489 e. The molecule has 164 valence electrons. The van der Waals surface area contributed by atoms with Crippen LogP contribution in [-0.2, 0) is 11.3 Å². The third-order valence-electron chi connectivity index (χ3n) is 5.24. The second-order valence-corrected chi connectivity index (χ2v) is 8.70. The molecule has 32 heavy (non-hydrogen) atoms. The largest absolute Gasteiger partial charge is 0.489 e. The number of ether oxygens (including phenoxy) is 2. The average molecular weight is 448 g/mol. The number of amidine groups is 1. The highest BCUT2D eigenvalue weighted by molar-refractivity contribution is 7.99. The Labute approximate surface area is 192 Å². The summed E-state index contributed by atoms with van der Waals surface area (Å²) in [5.41, 5.74) is 6.02. The third kappa shape index (κ3) is 5.08. The Bertz CT molecular complexity index is 1060. The Morgan fingerprint density at radius 2 is 1.91 bits per heavy atom. The predicted molar refractivity (Wildman–Crippen MR) is 130 cm³/mol. The molecule has 0 aliphatic carbocycles. The number of nitrogens with zero attached hydrogens (tertiary/aromatic N) is 4. The number of thioether (sulfide) groups is 1. The van der Waals surface area contributed by atoms with E-state index in [1.807, 2.05) is 77.6 Å². The zero-order valence-corrected chi connectivity index (χ0v) is 18.5. The first-order valence-corrected chi connectivity index (χ1v) is 11.8. The highest BCUT2D eigenvalue weighted by Crippen LogP contribution is 2.23. The number of hydrogen-bond donors (Lipinski definition) is 1. The Morgan fingerprint density at radius 3 is 2.72 bits per heavy atom. The van der Waals surface area contributed by atoms with Crippen molar-refractivity contribution >= 4 is 35.0 Å². The number of nitrogens with one attached hydrogen (secondary N) is 1. The van der Waals surface area contributed by atoms with E-state index in [1.54, 1.807) is 0 Å². The molecule has 0 unspecified atom stereocenters. The molecule has 7 nitrogen and oxygen atoms in total. The smallest absolute Gasteiger partial charge is 0.311 e. The quantitative estimate of drug-likeness (QED) is 0.608. The Kier molecular flexibility index (Phi) is 6.30. The van der Waals surface area contributed by atoms with Crippen LogP contribution in [0.3, 0.4) is 0 Å². The second-order valence-electron chi connectivity index (χ2n) is 7.48. The van der Waals surface area contributed by atoms with Crippen molar-refractivity contribution in [2.24, 2.45) is 4.99 Å². The van der Waals surface area contributed by atoms with Gasteiger partial charge in [0.15, 0.2) is 6.73 Å².